The predicted octanol–water partition coefficient (Wildman–Crippen LogP) is 0.873. The van der Waals surface area contributed by atoms with Crippen LogP contribution in [0.4, 0.5) is 0 Å². The van der Waals surface area contributed by atoms with Crippen LogP contribution in [0.3, 0.4) is 0 Å². The van der Waals surface area contributed by atoms with Crippen molar-refractivity contribution in [3.63, 3.8) is 0 Å². The van der Waals surface area contributed by atoms with Gasteiger partial charge in [-0.2, -0.15) is 0 Å². The number of aliphatic hydroxyl groups excluding tert-OH is 1. The molecular weight excluding hydrogens is 206 g/mol. The Morgan fingerprint density at radius 3 is 2.69 bits per heavy atom. The number of nitrogens with one attached hydrogen (secondary N) is 1. The molecule has 0 saturated heterocycles. The molecule has 0 amide bonds. The molecule has 0 aliphatic heterocycles. The second-order valence-corrected chi connectivity index (χ2v) is 3.33. The molecule has 0 heterocycles. The molecule has 0 aromatic heterocycles. The Bertz CT molecular complexity index is 313. The van der Waals surface area contributed by atoms with Crippen molar-refractivity contribution in [3.05, 3.63) is 35.9 Å². The largest absolute Gasteiger partial charge is 0.465 e. The van der Waals surface area contributed by atoms with Crippen LogP contribution in [0.15, 0.2) is 30.3 Å². The van der Waals surface area contributed by atoms with E-state index >= 15 is 0 Å². The van der Waals surface area contributed by atoms with Gasteiger partial charge in [-0.1, -0.05) is 30.3 Å². The Labute approximate surface area is 95.2 Å². The molecule has 2 N–H and O–H groups in total. The first-order valence-corrected chi connectivity index (χ1v) is 5.32. The molecule has 0 aliphatic carbocycles. The van der Waals surface area contributed by atoms with Crippen LogP contribution in [0.1, 0.15) is 18.5 Å². The van der Waals surface area contributed by atoms with Crippen molar-refractivity contribution in [2.24, 2.45) is 0 Å². The fourth-order valence-electron chi connectivity index (χ4n) is 1.39. The summed E-state index contributed by atoms with van der Waals surface area (Å²) in [6, 6.07) is 9.26. The molecular formula is C12H17NO3. The van der Waals surface area contributed by atoms with Gasteiger partial charge in [0.15, 0.2) is 0 Å². The van der Waals surface area contributed by atoms with E-state index in [4.69, 9.17) is 4.74 Å². The summed E-state index contributed by atoms with van der Waals surface area (Å²) in [4.78, 5) is 11.1. The zero-order valence-electron chi connectivity index (χ0n) is 9.35. The van der Waals surface area contributed by atoms with Crippen LogP contribution >= 0.6 is 0 Å². The monoisotopic (exact) mass is 223 g/mol. The Morgan fingerprint density at radius 1 is 1.44 bits per heavy atom. The Morgan fingerprint density at radius 2 is 2.12 bits per heavy atom. The van der Waals surface area contributed by atoms with E-state index in [1.807, 2.05) is 30.3 Å². The predicted molar refractivity (Wildman–Crippen MR) is 60.9 cm³/mol. The molecule has 0 radical (unpaired) electrons. The second kappa shape index (κ2) is 6.98. The van der Waals surface area contributed by atoms with Crippen LogP contribution in [0.25, 0.3) is 0 Å². The first-order valence-electron chi connectivity index (χ1n) is 5.32. The fourth-order valence-corrected chi connectivity index (χ4v) is 1.39. The van der Waals surface area contributed by atoms with Crippen molar-refractivity contribution in [2.45, 2.75) is 13.0 Å². The van der Waals surface area contributed by atoms with Crippen LogP contribution in [-0.2, 0) is 9.53 Å². The maximum Gasteiger partial charge on any atom is 0.319 e. The molecule has 0 spiro atoms. The van der Waals surface area contributed by atoms with Gasteiger partial charge in [0.25, 0.3) is 0 Å². The zero-order valence-corrected chi connectivity index (χ0v) is 9.35. The van der Waals surface area contributed by atoms with Gasteiger partial charge in [-0.15, -0.1) is 0 Å². The summed E-state index contributed by atoms with van der Waals surface area (Å²) in [5.41, 5.74) is 0.953. The van der Waals surface area contributed by atoms with E-state index in [-0.39, 0.29) is 25.2 Å². The molecule has 0 aliphatic rings. The maximum absolute atomic E-state index is 11.1. The standard InChI is InChI=1S/C12H17NO3/c1-2-16-12(15)8-13-11(9-14)10-6-4-3-5-7-10/h3-7,11,13-14H,2,8-9H2,1H3. The highest BCUT2D eigenvalue weighted by molar-refractivity contribution is 5.71. The number of rotatable bonds is 6. The molecule has 16 heavy (non-hydrogen) atoms. The molecule has 1 aromatic rings. The molecule has 1 aromatic carbocycles. The van der Waals surface area contributed by atoms with E-state index in [1.54, 1.807) is 6.92 Å². The number of carbonyl (C=O) groups is 1. The second-order valence-electron chi connectivity index (χ2n) is 3.33. The number of ether oxygens (including phenoxy) is 1. The highest BCUT2D eigenvalue weighted by Gasteiger charge is 2.11. The van der Waals surface area contributed by atoms with E-state index in [0.717, 1.165) is 5.56 Å². The van der Waals surface area contributed by atoms with Crippen molar-refractivity contribution in [1.82, 2.24) is 5.32 Å². The molecule has 4 heteroatoms. The van der Waals surface area contributed by atoms with Crippen LogP contribution in [-0.4, -0.2) is 30.8 Å². The summed E-state index contributed by atoms with van der Waals surface area (Å²) in [6.07, 6.45) is 0. The third-order valence-electron chi connectivity index (χ3n) is 2.18. The van der Waals surface area contributed by atoms with Crippen molar-refractivity contribution in [1.29, 1.82) is 0 Å². The number of aliphatic hydroxyl groups is 1. The van der Waals surface area contributed by atoms with Crippen molar-refractivity contribution >= 4 is 5.97 Å². The first-order chi connectivity index (χ1) is 7.77. The van der Waals surface area contributed by atoms with E-state index in [9.17, 15) is 9.90 Å². The SMILES string of the molecule is CCOC(=O)CNC(CO)c1ccccc1. The Hall–Kier alpha value is -1.39. The first kappa shape index (κ1) is 12.7. The minimum Gasteiger partial charge on any atom is -0.465 e. The van der Waals surface area contributed by atoms with Gasteiger partial charge in [0, 0.05) is 0 Å². The zero-order chi connectivity index (χ0) is 11.8. The van der Waals surface area contributed by atoms with Gasteiger partial charge in [0.2, 0.25) is 0 Å². The molecule has 1 atom stereocenters. The van der Waals surface area contributed by atoms with Crippen LogP contribution in [0.2, 0.25) is 0 Å². The average Bonchev–Trinajstić information content (AvgIpc) is 2.31. The van der Waals surface area contributed by atoms with E-state index in [1.165, 1.54) is 0 Å². The highest BCUT2D eigenvalue weighted by atomic mass is 16.5. The fraction of sp³-hybridized carbons (Fsp3) is 0.417. The normalized spacial score (nSPS) is 12.1. The molecule has 0 bridgehead atoms. The average molecular weight is 223 g/mol. The Balaban J connectivity index is 2.47. The topological polar surface area (TPSA) is 58.6 Å². The molecule has 88 valence electrons. The van der Waals surface area contributed by atoms with E-state index < -0.39 is 0 Å². The van der Waals surface area contributed by atoms with Gasteiger partial charge in [-0.3, -0.25) is 10.1 Å². The third kappa shape index (κ3) is 4.00. The molecule has 1 rings (SSSR count). The number of hydrogen-bond donors (Lipinski definition) is 2. The van der Waals surface area contributed by atoms with Gasteiger partial charge < -0.3 is 9.84 Å². The minimum absolute atomic E-state index is 0.0522. The lowest BCUT2D eigenvalue weighted by molar-refractivity contribution is -0.142. The summed E-state index contributed by atoms with van der Waals surface area (Å²) >= 11 is 0. The van der Waals surface area contributed by atoms with Gasteiger partial charge in [0.05, 0.1) is 25.8 Å². The smallest absolute Gasteiger partial charge is 0.319 e. The van der Waals surface area contributed by atoms with Gasteiger partial charge in [0.1, 0.15) is 0 Å². The highest BCUT2D eigenvalue weighted by Crippen LogP contribution is 2.10. The lowest BCUT2D eigenvalue weighted by atomic mass is 10.1. The number of carbonyl (C=O) groups excluding carboxylic acids is 1. The summed E-state index contributed by atoms with van der Waals surface area (Å²) < 4.78 is 4.79. The molecule has 1 unspecified atom stereocenters. The van der Waals surface area contributed by atoms with E-state index in [0.29, 0.717) is 6.61 Å². The minimum atomic E-state index is -0.308. The van der Waals surface area contributed by atoms with Crippen molar-refractivity contribution < 1.29 is 14.6 Å². The van der Waals surface area contributed by atoms with Crippen molar-refractivity contribution in [2.75, 3.05) is 19.8 Å². The number of esters is 1. The summed E-state index contributed by atoms with van der Waals surface area (Å²) in [5, 5.41) is 12.2. The third-order valence-corrected chi connectivity index (χ3v) is 2.18. The lowest BCUT2D eigenvalue weighted by Gasteiger charge is -2.15. The molecule has 4 nitrogen and oxygen atoms in total. The van der Waals surface area contributed by atoms with Gasteiger partial charge >= 0.3 is 5.97 Å². The molecule has 0 saturated carbocycles. The summed E-state index contributed by atoms with van der Waals surface area (Å²) in [7, 11) is 0. The maximum atomic E-state index is 11.1. The Kier molecular flexibility index (Phi) is 5.53. The molecule has 0 fully saturated rings. The summed E-state index contributed by atoms with van der Waals surface area (Å²) in [5.74, 6) is -0.308. The van der Waals surface area contributed by atoms with E-state index in [2.05, 4.69) is 5.32 Å². The quantitative estimate of drug-likeness (QED) is 0.703. The van der Waals surface area contributed by atoms with Crippen molar-refractivity contribution in [3.8, 4) is 0 Å². The summed E-state index contributed by atoms with van der Waals surface area (Å²) in [6.45, 7) is 2.19. The number of benzene rings is 1. The lowest BCUT2D eigenvalue weighted by Crippen LogP contribution is -2.30. The van der Waals surface area contributed by atoms with Crippen LogP contribution in [0, 0.1) is 0 Å². The van der Waals surface area contributed by atoms with Gasteiger partial charge in [-0.05, 0) is 12.5 Å². The van der Waals surface area contributed by atoms with Crippen LogP contribution in [0.5, 0.6) is 0 Å². The number of hydrogen-bond acceptors (Lipinski definition) is 4. The van der Waals surface area contributed by atoms with Gasteiger partial charge in [-0.25, -0.2) is 0 Å². The van der Waals surface area contributed by atoms with Crippen LogP contribution < -0.4 is 5.32 Å².